The van der Waals surface area contributed by atoms with E-state index in [1.165, 1.54) is 12.1 Å². The summed E-state index contributed by atoms with van der Waals surface area (Å²) in [4.78, 5) is 22.2. The minimum atomic E-state index is -0.481. The maximum atomic E-state index is 11.9. The fraction of sp³-hybridized carbons (Fsp3) is 0.250. The molecule has 1 aromatic carbocycles. The lowest BCUT2D eigenvalue weighted by atomic mass is 10.1. The van der Waals surface area contributed by atoms with Crippen molar-refractivity contribution in [3.8, 4) is 0 Å². The highest BCUT2D eigenvalue weighted by atomic mass is 16.6. The number of nitrogens with zero attached hydrogens (tertiary/aromatic N) is 2. The number of hydrazine groups is 1. The van der Waals surface area contributed by atoms with Gasteiger partial charge in [0.05, 0.1) is 16.3 Å². The standard InChI is InChI=1S/C16H19N5O3/c1-10(13-5-4-6-14(9-13)21(23)24)17-20-16(22)8-7-15-11(2)18-19-12(15)3/h4-6,9,17H,1,7-8H2,2-3H3,(H,18,19)(H,20,22). The second-order valence-corrected chi connectivity index (χ2v) is 5.37. The molecule has 1 amide bonds. The SMILES string of the molecule is C=C(NNC(=O)CCc1c(C)n[nH]c1C)c1cccc([N+](=O)[O-])c1. The molecule has 0 aliphatic carbocycles. The zero-order chi connectivity index (χ0) is 17.7. The van der Waals surface area contributed by atoms with E-state index in [2.05, 4.69) is 27.6 Å². The first kappa shape index (κ1) is 17.2. The molecule has 2 aromatic rings. The van der Waals surface area contributed by atoms with Gasteiger partial charge in [-0.25, -0.2) is 0 Å². The number of nitro benzene ring substituents is 1. The van der Waals surface area contributed by atoms with Gasteiger partial charge in [0.15, 0.2) is 0 Å². The molecule has 3 N–H and O–H groups in total. The summed E-state index contributed by atoms with van der Waals surface area (Å²) in [6.45, 7) is 7.57. The molecule has 0 atom stereocenters. The summed E-state index contributed by atoms with van der Waals surface area (Å²) in [6, 6.07) is 6.02. The molecule has 0 radical (unpaired) electrons. The van der Waals surface area contributed by atoms with Crippen LogP contribution in [-0.2, 0) is 11.2 Å². The van der Waals surface area contributed by atoms with Crippen LogP contribution in [0, 0.1) is 24.0 Å². The molecular weight excluding hydrogens is 310 g/mol. The Morgan fingerprint density at radius 1 is 1.38 bits per heavy atom. The fourth-order valence-electron chi connectivity index (χ4n) is 2.27. The number of aromatic amines is 1. The Morgan fingerprint density at radius 2 is 2.12 bits per heavy atom. The number of hydrogen-bond donors (Lipinski definition) is 3. The van der Waals surface area contributed by atoms with Crippen LogP contribution >= 0.6 is 0 Å². The Morgan fingerprint density at radius 3 is 2.75 bits per heavy atom. The van der Waals surface area contributed by atoms with Crippen LogP contribution in [0.5, 0.6) is 0 Å². The van der Waals surface area contributed by atoms with Gasteiger partial charge in [-0.05, 0) is 25.8 Å². The minimum absolute atomic E-state index is 0.0346. The molecule has 8 heteroatoms. The first-order chi connectivity index (χ1) is 11.4. The lowest BCUT2D eigenvalue weighted by Gasteiger charge is -2.11. The molecule has 1 heterocycles. The maximum Gasteiger partial charge on any atom is 0.270 e. The summed E-state index contributed by atoms with van der Waals surface area (Å²) >= 11 is 0. The molecule has 0 aliphatic heterocycles. The number of rotatable bonds is 7. The number of non-ortho nitro benzene ring substituents is 1. The summed E-state index contributed by atoms with van der Waals surface area (Å²) in [7, 11) is 0. The molecular formula is C16H19N5O3. The van der Waals surface area contributed by atoms with E-state index in [0.29, 0.717) is 17.7 Å². The molecule has 0 bridgehead atoms. The smallest absolute Gasteiger partial charge is 0.270 e. The first-order valence-electron chi connectivity index (χ1n) is 7.37. The lowest BCUT2D eigenvalue weighted by Crippen LogP contribution is -2.36. The number of benzene rings is 1. The predicted octanol–water partition coefficient (Wildman–Crippen LogP) is 2.16. The van der Waals surface area contributed by atoms with Crippen molar-refractivity contribution in [1.29, 1.82) is 0 Å². The van der Waals surface area contributed by atoms with Crippen LogP contribution in [0.2, 0.25) is 0 Å². The topological polar surface area (TPSA) is 113 Å². The number of hydrogen-bond acceptors (Lipinski definition) is 5. The fourth-order valence-corrected chi connectivity index (χ4v) is 2.27. The third kappa shape index (κ3) is 4.19. The number of nitrogens with one attached hydrogen (secondary N) is 3. The molecule has 0 fully saturated rings. The number of nitro groups is 1. The molecule has 0 saturated heterocycles. The van der Waals surface area contributed by atoms with Gasteiger partial charge in [-0.2, -0.15) is 5.10 Å². The molecule has 24 heavy (non-hydrogen) atoms. The number of aryl methyl sites for hydroxylation is 2. The highest BCUT2D eigenvalue weighted by Gasteiger charge is 2.10. The highest BCUT2D eigenvalue weighted by Crippen LogP contribution is 2.17. The molecule has 126 valence electrons. The Labute approximate surface area is 139 Å². The second kappa shape index (κ2) is 7.40. The van der Waals surface area contributed by atoms with E-state index in [-0.39, 0.29) is 18.0 Å². The van der Waals surface area contributed by atoms with Crippen molar-refractivity contribution in [1.82, 2.24) is 21.0 Å². The normalized spacial score (nSPS) is 10.2. The molecule has 0 unspecified atom stereocenters. The monoisotopic (exact) mass is 329 g/mol. The number of aromatic nitrogens is 2. The van der Waals surface area contributed by atoms with Gasteiger partial charge in [-0.3, -0.25) is 30.9 Å². The average Bonchev–Trinajstić information content (AvgIpc) is 2.89. The van der Waals surface area contributed by atoms with Crippen LogP contribution in [0.25, 0.3) is 5.70 Å². The minimum Gasteiger partial charge on any atom is -0.299 e. The zero-order valence-corrected chi connectivity index (χ0v) is 13.5. The molecule has 0 aliphatic rings. The Hall–Kier alpha value is -3.16. The molecule has 8 nitrogen and oxygen atoms in total. The summed E-state index contributed by atoms with van der Waals surface area (Å²) in [5, 5.41) is 17.7. The van der Waals surface area contributed by atoms with Crippen molar-refractivity contribution in [3.63, 3.8) is 0 Å². The summed E-state index contributed by atoms with van der Waals surface area (Å²) in [6.07, 6.45) is 0.862. The van der Waals surface area contributed by atoms with Crippen molar-refractivity contribution < 1.29 is 9.72 Å². The third-order valence-electron chi connectivity index (χ3n) is 3.64. The number of amides is 1. The number of carbonyl (C=O) groups excluding carboxylic acids is 1. The molecule has 0 saturated carbocycles. The summed E-state index contributed by atoms with van der Waals surface area (Å²) < 4.78 is 0. The van der Waals surface area contributed by atoms with E-state index < -0.39 is 4.92 Å². The highest BCUT2D eigenvalue weighted by molar-refractivity contribution is 5.77. The Bertz CT molecular complexity index is 762. The van der Waals surface area contributed by atoms with Gasteiger partial charge in [-0.1, -0.05) is 18.7 Å². The second-order valence-electron chi connectivity index (χ2n) is 5.37. The van der Waals surface area contributed by atoms with Crippen molar-refractivity contribution in [2.45, 2.75) is 26.7 Å². The van der Waals surface area contributed by atoms with E-state index in [1.54, 1.807) is 12.1 Å². The Balaban J connectivity index is 1.86. The van der Waals surface area contributed by atoms with Crippen LogP contribution in [0.3, 0.4) is 0 Å². The Kier molecular flexibility index (Phi) is 5.31. The quantitative estimate of drug-likeness (QED) is 0.532. The van der Waals surface area contributed by atoms with E-state index in [9.17, 15) is 14.9 Å². The number of carbonyl (C=O) groups is 1. The molecule has 1 aromatic heterocycles. The van der Waals surface area contributed by atoms with E-state index >= 15 is 0 Å². The van der Waals surface area contributed by atoms with Crippen molar-refractivity contribution in [3.05, 3.63) is 63.5 Å². The van der Waals surface area contributed by atoms with Gasteiger partial charge >= 0.3 is 0 Å². The lowest BCUT2D eigenvalue weighted by molar-refractivity contribution is -0.384. The van der Waals surface area contributed by atoms with Gasteiger partial charge in [0, 0.05) is 29.8 Å². The van der Waals surface area contributed by atoms with Crippen LogP contribution in [-0.4, -0.2) is 21.0 Å². The largest absolute Gasteiger partial charge is 0.299 e. The molecule has 0 spiro atoms. The maximum absolute atomic E-state index is 11.9. The van der Waals surface area contributed by atoms with Crippen LogP contribution in [0.4, 0.5) is 5.69 Å². The van der Waals surface area contributed by atoms with E-state index in [1.807, 2.05) is 13.8 Å². The van der Waals surface area contributed by atoms with E-state index in [4.69, 9.17) is 0 Å². The van der Waals surface area contributed by atoms with Gasteiger partial charge in [0.25, 0.3) is 5.69 Å². The first-order valence-corrected chi connectivity index (χ1v) is 7.37. The predicted molar refractivity (Wildman–Crippen MR) is 89.8 cm³/mol. The summed E-state index contributed by atoms with van der Waals surface area (Å²) in [5.74, 6) is -0.207. The van der Waals surface area contributed by atoms with Gasteiger partial charge < -0.3 is 0 Å². The van der Waals surface area contributed by atoms with Gasteiger partial charge in [-0.15, -0.1) is 0 Å². The van der Waals surface area contributed by atoms with Crippen molar-refractivity contribution >= 4 is 17.3 Å². The molecule has 2 rings (SSSR count). The number of H-pyrrole nitrogens is 1. The van der Waals surface area contributed by atoms with Crippen LogP contribution < -0.4 is 10.9 Å². The van der Waals surface area contributed by atoms with E-state index in [0.717, 1.165) is 17.0 Å². The average molecular weight is 329 g/mol. The van der Waals surface area contributed by atoms with Crippen molar-refractivity contribution in [2.75, 3.05) is 0 Å². The zero-order valence-electron chi connectivity index (χ0n) is 13.5. The third-order valence-corrected chi connectivity index (χ3v) is 3.64. The van der Waals surface area contributed by atoms with Gasteiger partial charge in [0.2, 0.25) is 5.91 Å². The van der Waals surface area contributed by atoms with Crippen LogP contribution in [0.15, 0.2) is 30.8 Å². The van der Waals surface area contributed by atoms with Gasteiger partial charge in [0.1, 0.15) is 0 Å². The summed E-state index contributed by atoms with van der Waals surface area (Å²) in [5.41, 5.74) is 8.97. The van der Waals surface area contributed by atoms with Crippen molar-refractivity contribution in [2.24, 2.45) is 0 Å². The van der Waals surface area contributed by atoms with Crippen LogP contribution in [0.1, 0.15) is 28.9 Å².